The number of hydrazone groups is 1. The number of hydrogen-bond acceptors (Lipinski definition) is 7. The molecular weight excluding hydrogens is 340 g/mol. The molecular formula is C20H16N6O. The number of amidine groups is 1. The number of anilines is 1. The number of benzene rings is 3. The van der Waals surface area contributed by atoms with Crippen molar-refractivity contribution in [1.82, 2.24) is 21.7 Å². The number of nitrogens with zero attached hydrogens (tertiary/aromatic N) is 2. The Morgan fingerprint density at radius 1 is 0.815 bits per heavy atom. The van der Waals surface area contributed by atoms with Gasteiger partial charge in [-0.25, -0.2) is 5.53 Å². The molecule has 132 valence electrons. The molecule has 1 aromatic heterocycles. The lowest BCUT2D eigenvalue weighted by atomic mass is 10.00. The lowest BCUT2D eigenvalue weighted by Gasteiger charge is -2.05. The van der Waals surface area contributed by atoms with Gasteiger partial charge in [-0.05, 0) is 47.5 Å². The van der Waals surface area contributed by atoms with Crippen LogP contribution in [-0.2, 0) is 0 Å². The summed E-state index contributed by atoms with van der Waals surface area (Å²) in [6.45, 7) is 0. The molecule has 7 nitrogen and oxygen atoms in total. The van der Waals surface area contributed by atoms with Crippen LogP contribution in [0.25, 0.3) is 33.4 Å². The standard InChI is InChI=1S/C20H16N6O/c21-16-6-2-4-13(10-16)12-3-1-5-14(9-12)19-17-11-15(20-22-25-26-23-20)7-8-18(17)24-27-19/h1-11,25-26H,21H2,(H,22,23). The zero-order valence-electron chi connectivity index (χ0n) is 14.2. The van der Waals surface area contributed by atoms with Crippen molar-refractivity contribution in [1.29, 1.82) is 0 Å². The molecule has 0 unspecified atom stereocenters. The van der Waals surface area contributed by atoms with Gasteiger partial charge in [-0.1, -0.05) is 35.5 Å². The molecule has 27 heavy (non-hydrogen) atoms. The number of nitrogens with one attached hydrogen (secondary N) is 3. The molecule has 5 N–H and O–H groups in total. The van der Waals surface area contributed by atoms with Gasteiger partial charge in [0.25, 0.3) is 0 Å². The zero-order valence-corrected chi connectivity index (χ0v) is 14.2. The topological polar surface area (TPSA) is 100 Å². The van der Waals surface area contributed by atoms with E-state index in [-0.39, 0.29) is 0 Å². The van der Waals surface area contributed by atoms with E-state index in [2.05, 4.69) is 38.9 Å². The minimum atomic E-state index is 0.706. The molecule has 0 saturated carbocycles. The van der Waals surface area contributed by atoms with Crippen LogP contribution in [0.4, 0.5) is 5.69 Å². The van der Waals surface area contributed by atoms with Crippen molar-refractivity contribution in [3.05, 3.63) is 72.3 Å². The van der Waals surface area contributed by atoms with Crippen LogP contribution in [0.5, 0.6) is 0 Å². The monoisotopic (exact) mass is 356 g/mol. The van der Waals surface area contributed by atoms with Crippen LogP contribution >= 0.6 is 0 Å². The molecule has 0 fully saturated rings. The maximum absolute atomic E-state index is 5.92. The molecule has 2 heterocycles. The Morgan fingerprint density at radius 3 is 2.44 bits per heavy atom. The minimum Gasteiger partial charge on any atom is -0.399 e. The first kappa shape index (κ1) is 15.4. The fourth-order valence-electron chi connectivity index (χ4n) is 3.19. The van der Waals surface area contributed by atoms with Crippen molar-refractivity contribution in [3.63, 3.8) is 0 Å². The smallest absolute Gasteiger partial charge is 0.174 e. The highest BCUT2D eigenvalue weighted by atomic mass is 16.5. The van der Waals surface area contributed by atoms with Gasteiger partial charge in [0.15, 0.2) is 11.6 Å². The van der Waals surface area contributed by atoms with E-state index in [4.69, 9.17) is 10.3 Å². The summed E-state index contributed by atoms with van der Waals surface area (Å²) in [4.78, 5) is 0. The van der Waals surface area contributed by atoms with E-state index in [1.165, 1.54) is 0 Å². The summed E-state index contributed by atoms with van der Waals surface area (Å²) in [6, 6.07) is 21.8. The van der Waals surface area contributed by atoms with Gasteiger partial charge in [0.1, 0.15) is 5.52 Å². The molecule has 5 rings (SSSR count). The predicted molar refractivity (Wildman–Crippen MR) is 105 cm³/mol. The molecule has 4 aromatic rings. The largest absolute Gasteiger partial charge is 0.399 e. The number of hydrazine groups is 2. The number of nitrogens with two attached hydrogens (primary N) is 1. The van der Waals surface area contributed by atoms with E-state index in [0.29, 0.717) is 5.84 Å². The third kappa shape index (κ3) is 2.76. The van der Waals surface area contributed by atoms with Crippen LogP contribution in [-0.4, -0.2) is 11.0 Å². The lowest BCUT2D eigenvalue weighted by Crippen LogP contribution is -2.35. The summed E-state index contributed by atoms with van der Waals surface area (Å²) >= 11 is 0. The van der Waals surface area contributed by atoms with Gasteiger partial charge in [0, 0.05) is 16.8 Å². The molecule has 0 saturated heterocycles. The number of hydrogen-bond donors (Lipinski definition) is 4. The van der Waals surface area contributed by atoms with E-state index >= 15 is 0 Å². The zero-order chi connectivity index (χ0) is 18.2. The van der Waals surface area contributed by atoms with Crippen molar-refractivity contribution >= 4 is 22.4 Å². The Bertz CT molecular complexity index is 1180. The summed E-state index contributed by atoms with van der Waals surface area (Å²) in [5.41, 5.74) is 19.8. The third-order valence-corrected chi connectivity index (χ3v) is 4.50. The van der Waals surface area contributed by atoms with Gasteiger partial charge < -0.3 is 10.3 Å². The van der Waals surface area contributed by atoms with Gasteiger partial charge >= 0.3 is 0 Å². The van der Waals surface area contributed by atoms with Gasteiger partial charge in [-0.15, -0.1) is 10.6 Å². The van der Waals surface area contributed by atoms with Crippen molar-refractivity contribution < 1.29 is 4.52 Å². The highest BCUT2D eigenvalue weighted by Crippen LogP contribution is 2.32. The maximum Gasteiger partial charge on any atom is 0.174 e. The average molecular weight is 356 g/mol. The Kier molecular flexibility index (Phi) is 3.51. The Hall–Kier alpha value is -3.84. The number of aromatic nitrogens is 1. The summed E-state index contributed by atoms with van der Waals surface area (Å²) in [6.07, 6.45) is 0. The van der Waals surface area contributed by atoms with Crippen LogP contribution in [0.3, 0.4) is 0 Å². The second-order valence-electron chi connectivity index (χ2n) is 6.27. The molecule has 0 bridgehead atoms. The summed E-state index contributed by atoms with van der Waals surface area (Å²) < 4.78 is 5.67. The van der Waals surface area contributed by atoms with E-state index in [0.717, 1.165) is 44.6 Å². The van der Waals surface area contributed by atoms with Crippen LogP contribution in [0.15, 0.2) is 76.4 Å². The van der Waals surface area contributed by atoms with E-state index < -0.39 is 0 Å². The number of rotatable bonds is 3. The van der Waals surface area contributed by atoms with E-state index in [1.54, 1.807) is 0 Å². The van der Waals surface area contributed by atoms with E-state index in [1.807, 2.05) is 54.6 Å². The van der Waals surface area contributed by atoms with Crippen LogP contribution in [0.1, 0.15) is 5.56 Å². The Labute approximate surface area is 154 Å². The summed E-state index contributed by atoms with van der Waals surface area (Å²) in [5, 5.41) is 9.26. The van der Waals surface area contributed by atoms with Gasteiger partial charge in [-0.3, -0.25) is 5.43 Å². The molecule has 0 amide bonds. The quantitative estimate of drug-likeness (QED) is 0.421. The predicted octanol–water partition coefficient (Wildman–Crippen LogP) is 3.02. The first-order valence-electron chi connectivity index (χ1n) is 8.48. The molecule has 0 aliphatic carbocycles. The molecule has 0 radical (unpaired) electrons. The SMILES string of the molecule is Nc1cccc(-c2cccc(-c3onc4ccc(C5=NNNN5)cc34)c2)c1. The van der Waals surface area contributed by atoms with Crippen molar-refractivity contribution in [2.45, 2.75) is 0 Å². The normalized spacial score (nSPS) is 13.3. The second kappa shape index (κ2) is 6.15. The highest BCUT2D eigenvalue weighted by molar-refractivity contribution is 6.03. The molecule has 3 aromatic carbocycles. The van der Waals surface area contributed by atoms with Crippen molar-refractivity contribution in [3.8, 4) is 22.5 Å². The van der Waals surface area contributed by atoms with Gasteiger partial charge in [-0.2, -0.15) is 0 Å². The third-order valence-electron chi connectivity index (χ3n) is 4.50. The average Bonchev–Trinajstić information content (AvgIpc) is 3.37. The van der Waals surface area contributed by atoms with Gasteiger partial charge in [0.05, 0.1) is 5.39 Å². The van der Waals surface area contributed by atoms with Crippen LogP contribution < -0.4 is 22.2 Å². The fraction of sp³-hybridized carbons (Fsp3) is 0. The first-order valence-corrected chi connectivity index (χ1v) is 8.48. The Balaban J connectivity index is 1.61. The van der Waals surface area contributed by atoms with Gasteiger partial charge in [0.2, 0.25) is 0 Å². The summed E-state index contributed by atoms with van der Waals surface area (Å²) in [5.74, 6) is 1.43. The highest BCUT2D eigenvalue weighted by Gasteiger charge is 2.15. The lowest BCUT2D eigenvalue weighted by molar-refractivity contribution is 0.441. The van der Waals surface area contributed by atoms with Crippen molar-refractivity contribution in [2.75, 3.05) is 5.73 Å². The summed E-state index contributed by atoms with van der Waals surface area (Å²) in [7, 11) is 0. The Morgan fingerprint density at radius 2 is 1.63 bits per heavy atom. The molecule has 1 aliphatic heterocycles. The van der Waals surface area contributed by atoms with Crippen LogP contribution in [0, 0.1) is 0 Å². The second-order valence-corrected chi connectivity index (χ2v) is 6.27. The van der Waals surface area contributed by atoms with Crippen molar-refractivity contribution in [2.24, 2.45) is 5.10 Å². The van der Waals surface area contributed by atoms with Crippen LogP contribution in [0.2, 0.25) is 0 Å². The van der Waals surface area contributed by atoms with E-state index in [9.17, 15) is 0 Å². The molecule has 7 heteroatoms. The fourth-order valence-corrected chi connectivity index (χ4v) is 3.19. The number of nitrogen functional groups attached to an aromatic ring is 1. The minimum absolute atomic E-state index is 0.706. The molecule has 0 spiro atoms. The first-order chi connectivity index (χ1) is 13.3. The molecule has 1 aliphatic rings. The maximum atomic E-state index is 5.92. The number of fused-ring (bicyclic) bond motifs is 1. The molecule has 0 atom stereocenters.